The van der Waals surface area contributed by atoms with E-state index in [0.29, 0.717) is 11.6 Å². The fraction of sp³-hybridized carbons (Fsp3) is 0.0588. The summed E-state index contributed by atoms with van der Waals surface area (Å²) in [6, 6.07) is 13.5. The molecule has 23 heavy (non-hydrogen) atoms. The van der Waals surface area contributed by atoms with Gasteiger partial charge in [0, 0.05) is 16.1 Å². The highest BCUT2D eigenvalue weighted by Crippen LogP contribution is 2.20. The van der Waals surface area contributed by atoms with Gasteiger partial charge in [0.15, 0.2) is 0 Å². The SMILES string of the molecule is Fc1ccc(-c2[nH]ncc2/C=N\OCc2ccc(Cl)cc2)cc1. The summed E-state index contributed by atoms with van der Waals surface area (Å²) >= 11 is 5.82. The highest BCUT2D eigenvalue weighted by molar-refractivity contribution is 6.30. The van der Waals surface area contributed by atoms with Crippen LogP contribution in [-0.4, -0.2) is 16.4 Å². The van der Waals surface area contributed by atoms with Crippen molar-refractivity contribution >= 4 is 17.8 Å². The Kier molecular flexibility index (Phi) is 4.68. The third-order valence-corrected chi connectivity index (χ3v) is 3.46. The van der Waals surface area contributed by atoms with Crippen LogP contribution in [0.5, 0.6) is 0 Å². The number of halogens is 2. The summed E-state index contributed by atoms with van der Waals surface area (Å²) < 4.78 is 13.0. The van der Waals surface area contributed by atoms with Crippen LogP contribution < -0.4 is 0 Å². The Morgan fingerprint density at radius 2 is 1.87 bits per heavy atom. The van der Waals surface area contributed by atoms with E-state index in [1.54, 1.807) is 36.7 Å². The molecule has 3 aromatic rings. The molecule has 1 aromatic heterocycles. The van der Waals surface area contributed by atoms with Crippen LogP contribution in [-0.2, 0) is 11.4 Å². The summed E-state index contributed by atoms with van der Waals surface area (Å²) in [5, 5.41) is 11.5. The molecule has 0 amide bonds. The van der Waals surface area contributed by atoms with Gasteiger partial charge in [0.05, 0.1) is 18.1 Å². The molecule has 0 aliphatic carbocycles. The van der Waals surface area contributed by atoms with Crippen LogP contribution >= 0.6 is 11.6 Å². The van der Waals surface area contributed by atoms with Crippen LogP contribution in [0.25, 0.3) is 11.3 Å². The predicted octanol–water partition coefficient (Wildman–Crippen LogP) is 4.42. The Labute approximate surface area is 137 Å². The van der Waals surface area contributed by atoms with Crippen molar-refractivity contribution in [1.29, 1.82) is 0 Å². The number of aromatic nitrogens is 2. The lowest BCUT2D eigenvalue weighted by atomic mass is 10.1. The van der Waals surface area contributed by atoms with E-state index in [2.05, 4.69) is 15.4 Å². The number of hydrogen-bond donors (Lipinski definition) is 1. The molecule has 0 atom stereocenters. The van der Waals surface area contributed by atoms with Gasteiger partial charge >= 0.3 is 0 Å². The van der Waals surface area contributed by atoms with E-state index < -0.39 is 0 Å². The zero-order valence-electron chi connectivity index (χ0n) is 12.0. The Balaban J connectivity index is 1.65. The van der Waals surface area contributed by atoms with Gasteiger partial charge in [0.2, 0.25) is 0 Å². The van der Waals surface area contributed by atoms with E-state index in [0.717, 1.165) is 22.4 Å². The Morgan fingerprint density at radius 3 is 2.61 bits per heavy atom. The maximum absolute atomic E-state index is 13.0. The second-order valence-corrected chi connectivity index (χ2v) is 5.28. The quantitative estimate of drug-likeness (QED) is 0.556. The van der Waals surface area contributed by atoms with Crippen LogP contribution in [0, 0.1) is 5.82 Å². The molecule has 0 bridgehead atoms. The fourth-order valence-corrected chi connectivity index (χ4v) is 2.15. The first-order chi connectivity index (χ1) is 11.2. The molecular formula is C17H13ClFN3O. The molecule has 116 valence electrons. The zero-order chi connectivity index (χ0) is 16.1. The summed E-state index contributed by atoms with van der Waals surface area (Å²) in [7, 11) is 0. The minimum atomic E-state index is -0.283. The molecule has 0 fully saturated rings. The van der Waals surface area contributed by atoms with Crippen molar-refractivity contribution < 1.29 is 9.23 Å². The molecule has 0 unspecified atom stereocenters. The third-order valence-electron chi connectivity index (χ3n) is 3.21. The number of aromatic amines is 1. The second-order valence-electron chi connectivity index (χ2n) is 4.84. The van der Waals surface area contributed by atoms with Gasteiger partial charge < -0.3 is 4.84 Å². The molecule has 2 aromatic carbocycles. The van der Waals surface area contributed by atoms with E-state index >= 15 is 0 Å². The molecule has 0 saturated heterocycles. The van der Waals surface area contributed by atoms with Crippen LogP contribution in [0.4, 0.5) is 4.39 Å². The lowest BCUT2D eigenvalue weighted by Gasteiger charge is -2.01. The Bertz CT molecular complexity index is 797. The average molecular weight is 330 g/mol. The van der Waals surface area contributed by atoms with Gasteiger partial charge in [-0.05, 0) is 42.0 Å². The Morgan fingerprint density at radius 1 is 1.13 bits per heavy atom. The first-order valence-electron chi connectivity index (χ1n) is 6.91. The molecule has 0 radical (unpaired) electrons. The average Bonchev–Trinajstić information content (AvgIpc) is 3.02. The molecule has 1 N–H and O–H groups in total. The van der Waals surface area contributed by atoms with Crippen molar-refractivity contribution in [3.63, 3.8) is 0 Å². The maximum atomic E-state index is 13.0. The smallest absolute Gasteiger partial charge is 0.142 e. The van der Waals surface area contributed by atoms with Gasteiger partial charge in [0.25, 0.3) is 0 Å². The van der Waals surface area contributed by atoms with E-state index in [4.69, 9.17) is 16.4 Å². The molecule has 3 rings (SSSR count). The molecule has 6 heteroatoms. The van der Waals surface area contributed by atoms with Gasteiger partial charge in [-0.2, -0.15) is 5.10 Å². The number of rotatable bonds is 5. The number of hydrogen-bond acceptors (Lipinski definition) is 3. The van der Waals surface area contributed by atoms with Crippen molar-refractivity contribution in [3.05, 3.63) is 76.7 Å². The van der Waals surface area contributed by atoms with Crippen LogP contribution in [0.1, 0.15) is 11.1 Å². The predicted molar refractivity (Wildman–Crippen MR) is 87.8 cm³/mol. The van der Waals surface area contributed by atoms with Gasteiger partial charge in [-0.1, -0.05) is 28.9 Å². The second kappa shape index (κ2) is 7.07. The lowest BCUT2D eigenvalue weighted by Crippen LogP contribution is -1.89. The van der Waals surface area contributed by atoms with Crippen molar-refractivity contribution in [3.8, 4) is 11.3 Å². The minimum Gasteiger partial charge on any atom is -0.391 e. The number of nitrogens with one attached hydrogen (secondary N) is 1. The van der Waals surface area contributed by atoms with E-state index in [-0.39, 0.29) is 5.82 Å². The molecule has 4 nitrogen and oxygen atoms in total. The molecule has 0 aliphatic rings. The first-order valence-corrected chi connectivity index (χ1v) is 7.29. The summed E-state index contributed by atoms with van der Waals surface area (Å²) in [6.07, 6.45) is 3.20. The van der Waals surface area contributed by atoms with Gasteiger partial charge in [-0.3, -0.25) is 5.10 Å². The minimum absolute atomic E-state index is 0.283. The summed E-state index contributed by atoms with van der Waals surface area (Å²) in [5.74, 6) is -0.283. The van der Waals surface area contributed by atoms with Gasteiger partial charge in [-0.25, -0.2) is 4.39 Å². The number of nitrogens with zero attached hydrogens (tertiary/aromatic N) is 2. The highest BCUT2D eigenvalue weighted by atomic mass is 35.5. The largest absolute Gasteiger partial charge is 0.391 e. The first kappa shape index (κ1) is 15.2. The van der Waals surface area contributed by atoms with Gasteiger partial charge in [-0.15, -0.1) is 0 Å². The van der Waals surface area contributed by atoms with Crippen LogP contribution in [0.3, 0.4) is 0 Å². The molecule has 0 aliphatic heterocycles. The summed E-state index contributed by atoms with van der Waals surface area (Å²) in [6.45, 7) is 0.345. The summed E-state index contributed by atoms with van der Waals surface area (Å²) in [4.78, 5) is 5.27. The number of benzene rings is 2. The maximum Gasteiger partial charge on any atom is 0.142 e. The van der Waals surface area contributed by atoms with Crippen LogP contribution in [0.15, 0.2) is 59.9 Å². The number of H-pyrrole nitrogens is 1. The van der Waals surface area contributed by atoms with Crippen molar-refractivity contribution in [1.82, 2.24) is 10.2 Å². The molecule has 1 heterocycles. The van der Waals surface area contributed by atoms with Crippen molar-refractivity contribution in [2.24, 2.45) is 5.16 Å². The van der Waals surface area contributed by atoms with E-state index in [1.807, 2.05) is 12.1 Å². The Hall–Kier alpha value is -2.66. The topological polar surface area (TPSA) is 50.3 Å². The summed E-state index contributed by atoms with van der Waals surface area (Å²) in [5.41, 5.74) is 3.30. The monoisotopic (exact) mass is 329 g/mol. The zero-order valence-corrected chi connectivity index (χ0v) is 12.8. The number of oxime groups is 1. The highest BCUT2D eigenvalue weighted by Gasteiger charge is 2.06. The van der Waals surface area contributed by atoms with E-state index in [1.165, 1.54) is 12.1 Å². The molecule has 0 saturated carbocycles. The normalized spacial score (nSPS) is 11.0. The molecule has 0 spiro atoms. The van der Waals surface area contributed by atoms with E-state index in [9.17, 15) is 4.39 Å². The van der Waals surface area contributed by atoms with Gasteiger partial charge in [0.1, 0.15) is 12.4 Å². The molecular weight excluding hydrogens is 317 g/mol. The van der Waals surface area contributed by atoms with Crippen molar-refractivity contribution in [2.75, 3.05) is 0 Å². The van der Waals surface area contributed by atoms with Crippen molar-refractivity contribution in [2.45, 2.75) is 6.61 Å². The van der Waals surface area contributed by atoms with Crippen LogP contribution in [0.2, 0.25) is 5.02 Å². The fourth-order valence-electron chi connectivity index (χ4n) is 2.03. The lowest BCUT2D eigenvalue weighted by molar-refractivity contribution is 0.132. The third kappa shape index (κ3) is 3.96. The standard InChI is InChI=1S/C17H13ClFN3O/c18-15-5-1-12(2-6-15)11-23-21-10-14-9-20-22-17(14)13-3-7-16(19)8-4-13/h1-10H,11H2,(H,20,22)/b21-10-.